The Hall–Kier alpha value is -1.54. The number of hydrogen-bond donors (Lipinski definition) is 0. The number of nitrogens with zero attached hydrogens (tertiary/aromatic N) is 2. The van der Waals surface area contributed by atoms with Gasteiger partial charge in [0, 0.05) is 13.1 Å². The summed E-state index contributed by atoms with van der Waals surface area (Å²) in [5.74, 6) is -0.829. The lowest BCUT2D eigenvalue weighted by atomic mass is 10.2. The second-order valence-electron chi connectivity index (χ2n) is 4.33. The molecular weight excluding hydrogens is 275 g/mol. The molecule has 19 heavy (non-hydrogen) atoms. The van der Waals surface area contributed by atoms with Crippen LogP contribution >= 0.6 is 0 Å². The molecule has 0 amide bonds. The molecular formula is C11H13FN2O4S. The molecule has 0 bridgehead atoms. The van der Waals surface area contributed by atoms with Gasteiger partial charge in [-0.1, -0.05) is 6.42 Å². The van der Waals surface area contributed by atoms with E-state index in [2.05, 4.69) is 0 Å². The Morgan fingerprint density at radius 2 is 1.84 bits per heavy atom. The fourth-order valence-electron chi connectivity index (χ4n) is 2.10. The number of nitro benzene ring substituents is 1. The molecule has 1 heterocycles. The number of nitro groups is 1. The van der Waals surface area contributed by atoms with Gasteiger partial charge in [-0.15, -0.1) is 0 Å². The highest BCUT2D eigenvalue weighted by molar-refractivity contribution is 7.89. The van der Waals surface area contributed by atoms with E-state index < -0.39 is 31.3 Å². The smallest absolute Gasteiger partial charge is 0.258 e. The number of benzene rings is 1. The van der Waals surface area contributed by atoms with Crippen molar-refractivity contribution in [3.8, 4) is 0 Å². The molecule has 1 aromatic rings. The molecule has 8 heteroatoms. The van der Waals surface area contributed by atoms with Gasteiger partial charge < -0.3 is 0 Å². The van der Waals surface area contributed by atoms with Crippen LogP contribution in [0.15, 0.2) is 23.1 Å². The van der Waals surface area contributed by atoms with Crippen LogP contribution < -0.4 is 0 Å². The normalized spacial score (nSPS) is 17.3. The lowest BCUT2D eigenvalue weighted by molar-refractivity contribution is -0.388. The van der Waals surface area contributed by atoms with Crippen LogP contribution in [0.3, 0.4) is 0 Å². The van der Waals surface area contributed by atoms with Crippen molar-refractivity contribution < 1.29 is 17.7 Å². The number of sulfonamides is 1. The summed E-state index contributed by atoms with van der Waals surface area (Å²) in [7, 11) is -3.93. The molecule has 1 aromatic carbocycles. The van der Waals surface area contributed by atoms with Gasteiger partial charge in [0.1, 0.15) is 5.82 Å². The molecule has 2 rings (SSSR count). The van der Waals surface area contributed by atoms with Crippen LogP contribution in [0, 0.1) is 15.9 Å². The average Bonchev–Trinajstić information content (AvgIpc) is 2.39. The minimum absolute atomic E-state index is 0.344. The Kier molecular flexibility index (Phi) is 3.81. The molecule has 1 aliphatic rings. The standard InChI is InChI=1S/C11H13FN2O4S/c12-9-4-5-11(10(8-9)14(15)16)19(17,18)13-6-2-1-3-7-13/h4-5,8H,1-3,6-7H2. The first-order chi connectivity index (χ1) is 8.93. The number of rotatable bonds is 3. The van der Waals surface area contributed by atoms with Crippen LogP contribution in [-0.2, 0) is 10.0 Å². The number of piperidine rings is 1. The van der Waals surface area contributed by atoms with Gasteiger partial charge in [-0.05, 0) is 25.0 Å². The summed E-state index contributed by atoms with van der Waals surface area (Å²) in [6.45, 7) is 0.688. The first-order valence-corrected chi connectivity index (χ1v) is 7.31. The van der Waals surface area contributed by atoms with Gasteiger partial charge in [-0.3, -0.25) is 10.1 Å². The average molecular weight is 288 g/mol. The molecule has 0 aliphatic carbocycles. The van der Waals surface area contributed by atoms with Crippen LogP contribution in [0.2, 0.25) is 0 Å². The second kappa shape index (κ2) is 5.22. The maximum Gasteiger partial charge on any atom is 0.292 e. The first-order valence-electron chi connectivity index (χ1n) is 5.87. The zero-order valence-corrected chi connectivity index (χ0v) is 10.9. The van der Waals surface area contributed by atoms with Crippen LogP contribution in [0.25, 0.3) is 0 Å². The summed E-state index contributed by atoms with van der Waals surface area (Å²) in [5.41, 5.74) is -0.717. The zero-order chi connectivity index (χ0) is 14.0. The van der Waals surface area contributed by atoms with Gasteiger partial charge in [-0.2, -0.15) is 4.31 Å². The van der Waals surface area contributed by atoms with Crippen LogP contribution in [-0.4, -0.2) is 30.7 Å². The van der Waals surface area contributed by atoms with Crippen molar-refractivity contribution in [3.05, 3.63) is 34.1 Å². The van der Waals surface area contributed by atoms with Gasteiger partial charge in [0.25, 0.3) is 5.69 Å². The topological polar surface area (TPSA) is 80.5 Å². The van der Waals surface area contributed by atoms with E-state index in [-0.39, 0.29) is 0 Å². The maximum absolute atomic E-state index is 13.0. The minimum atomic E-state index is -3.93. The van der Waals surface area contributed by atoms with Crippen molar-refractivity contribution in [2.24, 2.45) is 0 Å². The zero-order valence-electron chi connectivity index (χ0n) is 10.1. The Morgan fingerprint density at radius 3 is 2.42 bits per heavy atom. The minimum Gasteiger partial charge on any atom is -0.258 e. The third-order valence-corrected chi connectivity index (χ3v) is 5.00. The largest absolute Gasteiger partial charge is 0.292 e. The van der Waals surface area contributed by atoms with Gasteiger partial charge in [-0.25, -0.2) is 12.8 Å². The Balaban J connectivity index is 2.48. The summed E-state index contributed by atoms with van der Waals surface area (Å²) < 4.78 is 38.9. The molecule has 0 saturated carbocycles. The Labute approximate surface area is 110 Å². The lowest BCUT2D eigenvalue weighted by Crippen LogP contribution is -2.35. The predicted molar refractivity (Wildman–Crippen MR) is 65.7 cm³/mol. The van der Waals surface area contributed by atoms with Gasteiger partial charge in [0.05, 0.1) is 11.0 Å². The fraction of sp³-hybridized carbons (Fsp3) is 0.455. The highest BCUT2D eigenvalue weighted by Crippen LogP contribution is 2.28. The fourth-order valence-corrected chi connectivity index (χ4v) is 3.75. The van der Waals surface area contributed by atoms with Gasteiger partial charge >= 0.3 is 0 Å². The molecule has 1 aliphatic heterocycles. The van der Waals surface area contributed by atoms with E-state index in [1.807, 2.05) is 0 Å². The molecule has 6 nitrogen and oxygen atoms in total. The second-order valence-corrected chi connectivity index (χ2v) is 6.24. The van der Waals surface area contributed by atoms with Crippen LogP contribution in [0.5, 0.6) is 0 Å². The Morgan fingerprint density at radius 1 is 1.21 bits per heavy atom. The third-order valence-electron chi connectivity index (χ3n) is 3.05. The van der Waals surface area contributed by atoms with E-state index in [0.717, 1.165) is 31.4 Å². The van der Waals surface area contributed by atoms with E-state index in [0.29, 0.717) is 19.2 Å². The first kappa shape index (κ1) is 13.9. The summed E-state index contributed by atoms with van der Waals surface area (Å²) in [5, 5.41) is 10.9. The predicted octanol–water partition coefficient (Wildman–Crippen LogP) is 1.91. The SMILES string of the molecule is O=[N+]([O-])c1cc(F)ccc1S(=O)(=O)N1CCCCC1. The molecule has 0 aromatic heterocycles. The van der Waals surface area contributed by atoms with Gasteiger partial charge in [0.15, 0.2) is 4.90 Å². The van der Waals surface area contributed by atoms with Crippen molar-refractivity contribution in [2.45, 2.75) is 24.2 Å². The molecule has 0 atom stereocenters. The Bertz CT molecular complexity index is 597. The highest BCUT2D eigenvalue weighted by atomic mass is 32.2. The molecule has 0 radical (unpaired) electrons. The molecule has 1 fully saturated rings. The van der Waals surface area contributed by atoms with E-state index >= 15 is 0 Å². The van der Waals surface area contributed by atoms with Crippen molar-refractivity contribution in [1.29, 1.82) is 0 Å². The van der Waals surface area contributed by atoms with Crippen molar-refractivity contribution in [2.75, 3.05) is 13.1 Å². The summed E-state index contributed by atoms with van der Waals surface area (Å²) in [4.78, 5) is 9.54. The lowest BCUT2D eigenvalue weighted by Gasteiger charge is -2.25. The summed E-state index contributed by atoms with van der Waals surface area (Å²) in [6, 6.07) is 2.51. The monoisotopic (exact) mass is 288 g/mol. The van der Waals surface area contributed by atoms with E-state index in [1.54, 1.807) is 0 Å². The molecule has 104 valence electrons. The summed E-state index contributed by atoms with van der Waals surface area (Å²) >= 11 is 0. The van der Waals surface area contributed by atoms with Crippen molar-refractivity contribution in [1.82, 2.24) is 4.31 Å². The highest BCUT2D eigenvalue weighted by Gasteiger charge is 2.32. The maximum atomic E-state index is 13.0. The third kappa shape index (κ3) is 2.74. The number of halogens is 1. The van der Waals surface area contributed by atoms with Crippen LogP contribution in [0.4, 0.5) is 10.1 Å². The van der Waals surface area contributed by atoms with Crippen molar-refractivity contribution in [3.63, 3.8) is 0 Å². The van der Waals surface area contributed by atoms with E-state index in [1.165, 1.54) is 4.31 Å². The molecule has 0 N–H and O–H groups in total. The molecule has 0 spiro atoms. The van der Waals surface area contributed by atoms with E-state index in [9.17, 15) is 22.9 Å². The number of hydrogen-bond acceptors (Lipinski definition) is 4. The quantitative estimate of drug-likeness (QED) is 0.628. The van der Waals surface area contributed by atoms with Gasteiger partial charge in [0.2, 0.25) is 10.0 Å². The molecule has 1 saturated heterocycles. The van der Waals surface area contributed by atoms with Crippen LogP contribution in [0.1, 0.15) is 19.3 Å². The van der Waals surface area contributed by atoms with Crippen molar-refractivity contribution >= 4 is 15.7 Å². The van der Waals surface area contributed by atoms with E-state index in [4.69, 9.17) is 0 Å². The summed E-state index contributed by atoms with van der Waals surface area (Å²) in [6.07, 6.45) is 2.40. The molecule has 0 unspecified atom stereocenters.